The fourth-order valence-electron chi connectivity index (χ4n) is 2.18. The maximum atomic E-state index is 10.8. The Morgan fingerprint density at radius 3 is 2.77 bits per heavy atom. The molecule has 0 amide bonds. The number of nitrogens with zero attached hydrogens (tertiary/aromatic N) is 2. The van der Waals surface area contributed by atoms with Gasteiger partial charge in [-0.25, -0.2) is 0 Å². The van der Waals surface area contributed by atoms with Crippen molar-refractivity contribution in [2.75, 3.05) is 26.0 Å². The van der Waals surface area contributed by atoms with Gasteiger partial charge in [-0.15, -0.1) is 11.3 Å². The minimum Gasteiger partial charge on any atom is -0.378 e. The van der Waals surface area contributed by atoms with Crippen LogP contribution >= 0.6 is 11.3 Å². The van der Waals surface area contributed by atoms with Gasteiger partial charge in [0.25, 0.3) is 5.69 Å². The minimum absolute atomic E-state index is 0.0739. The van der Waals surface area contributed by atoms with Gasteiger partial charge in [0, 0.05) is 12.1 Å². The van der Waals surface area contributed by atoms with Crippen LogP contribution in [0.4, 0.5) is 11.4 Å². The number of nitro benzene ring substituents is 1. The Hall–Kier alpha value is -2.43. The number of hydrogen-bond donors (Lipinski definition) is 2. The molecule has 0 aliphatic heterocycles. The van der Waals surface area contributed by atoms with Crippen LogP contribution in [0.1, 0.15) is 16.5 Å². The molecule has 22 heavy (non-hydrogen) atoms. The van der Waals surface area contributed by atoms with Gasteiger partial charge in [-0.05, 0) is 17.5 Å². The monoisotopic (exact) mass is 317 g/mol. The maximum absolute atomic E-state index is 10.8. The zero-order valence-electron chi connectivity index (χ0n) is 12.4. The molecule has 1 heterocycles. The molecule has 0 aliphatic rings. The SMILES string of the molecule is C[NH+](C)[C@@H](CNc1ccc([N+](=O)[O-])cc1C#N)c1cccs1. The third-order valence-corrected chi connectivity index (χ3v) is 4.40. The van der Waals surface area contributed by atoms with Gasteiger partial charge in [0.05, 0.1) is 41.7 Å². The van der Waals surface area contributed by atoms with Gasteiger partial charge in [-0.2, -0.15) is 5.26 Å². The second-order valence-electron chi connectivity index (χ2n) is 5.13. The average Bonchev–Trinajstić information content (AvgIpc) is 3.01. The van der Waals surface area contributed by atoms with E-state index >= 15 is 0 Å². The molecule has 0 aliphatic carbocycles. The molecule has 1 aromatic carbocycles. The van der Waals surface area contributed by atoms with Crippen molar-refractivity contribution in [3.05, 3.63) is 56.3 Å². The van der Waals surface area contributed by atoms with Crippen LogP contribution in [-0.2, 0) is 0 Å². The third kappa shape index (κ3) is 3.61. The normalized spacial score (nSPS) is 11.9. The van der Waals surface area contributed by atoms with Gasteiger partial charge in [-0.1, -0.05) is 6.07 Å². The molecule has 2 aromatic rings. The molecule has 7 heteroatoms. The number of likely N-dealkylation sites (N-methyl/N-ethyl adjacent to an activating group) is 1. The average molecular weight is 317 g/mol. The van der Waals surface area contributed by atoms with E-state index in [0.29, 0.717) is 12.2 Å². The molecule has 0 bridgehead atoms. The highest BCUT2D eigenvalue weighted by molar-refractivity contribution is 7.10. The summed E-state index contributed by atoms with van der Waals surface area (Å²) in [7, 11) is 4.15. The molecular weight excluding hydrogens is 300 g/mol. The lowest BCUT2D eigenvalue weighted by Crippen LogP contribution is -3.06. The summed E-state index contributed by atoms with van der Waals surface area (Å²) in [5, 5.41) is 25.2. The molecule has 0 saturated heterocycles. The summed E-state index contributed by atoms with van der Waals surface area (Å²) in [6.07, 6.45) is 0. The van der Waals surface area contributed by atoms with Crippen molar-refractivity contribution in [3.8, 4) is 6.07 Å². The summed E-state index contributed by atoms with van der Waals surface area (Å²) in [5.41, 5.74) is 0.832. The molecule has 2 N–H and O–H groups in total. The molecule has 0 unspecified atom stereocenters. The topological polar surface area (TPSA) is 83.4 Å². The van der Waals surface area contributed by atoms with E-state index < -0.39 is 4.92 Å². The minimum atomic E-state index is -0.497. The van der Waals surface area contributed by atoms with Crippen molar-refractivity contribution in [2.24, 2.45) is 0 Å². The van der Waals surface area contributed by atoms with Crippen molar-refractivity contribution in [1.82, 2.24) is 0 Å². The number of nitriles is 1. The molecule has 6 nitrogen and oxygen atoms in total. The Morgan fingerprint density at radius 2 is 2.23 bits per heavy atom. The Kier molecular flexibility index (Phi) is 5.09. The Labute approximate surface area is 132 Å². The predicted molar refractivity (Wildman–Crippen MR) is 86.2 cm³/mol. The Bertz CT molecular complexity index is 692. The highest BCUT2D eigenvalue weighted by atomic mass is 32.1. The van der Waals surface area contributed by atoms with Crippen molar-refractivity contribution in [2.45, 2.75) is 6.04 Å². The number of rotatable bonds is 6. The Balaban J connectivity index is 2.17. The van der Waals surface area contributed by atoms with Gasteiger partial charge in [0.1, 0.15) is 12.1 Å². The highest BCUT2D eigenvalue weighted by Gasteiger charge is 2.19. The largest absolute Gasteiger partial charge is 0.378 e. The summed E-state index contributed by atoms with van der Waals surface area (Å²) >= 11 is 1.70. The second kappa shape index (κ2) is 7.02. The summed E-state index contributed by atoms with van der Waals surface area (Å²) in [5.74, 6) is 0. The standard InChI is InChI=1S/C15H16N4O2S/c1-18(2)14(15-4-3-7-22-15)10-17-13-6-5-12(19(20)21)8-11(13)9-16/h3-8,14,17H,10H2,1-2H3/p+1/t14-/m0/s1. The lowest BCUT2D eigenvalue weighted by molar-refractivity contribution is -0.889. The van der Waals surface area contributed by atoms with Crippen molar-refractivity contribution >= 4 is 22.7 Å². The van der Waals surface area contributed by atoms with Crippen LogP contribution in [0.2, 0.25) is 0 Å². The number of non-ortho nitro benzene ring substituents is 1. The van der Waals surface area contributed by atoms with Crippen molar-refractivity contribution < 1.29 is 9.82 Å². The lowest BCUT2D eigenvalue weighted by Gasteiger charge is -2.21. The van der Waals surface area contributed by atoms with Crippen LogP contribution in [0.15, 0.2) is 35.7 Å². The molecule has 2 rings (SSSR count). The van der Waals surface area contributed by atoms with E-state index in [-0.39, 0.29) is 17.3 Å². The van der Waals surface area contributed by atoms with E-state index in [1.54, 1.807) is 17.4 Å². The third-order valence-electron chi connectivity index (χ3n) is 3.41. The van der Waals surface area contributed by atoms with Gasteiger partial charge in [0.2, 0.25) is 0 Å². The number of nitrogens with one attached hydrogen (secondary N) is 2. The molecular formula is C15H17N4O2S+. The van der Waals surface area contributed by atoms with Crippen LogP contribution < -0.4 is 10.2 Å². The summed E-state index contributed by atoms with van der Waals surface area (Å²) < 4.78 is 0. The molecule has 0 spiro atoms. The van der Waals surface area contributed by atoms with E-state index in [4.69, 9.17) is 5.26 Å². The number of hydrogen-bond acceptors (Lipinski definition) is 5. The highest BCUT2D eigenvalue weighted by Crippen LogP contribution is 2.23. The van der Waals surface area contributed by atoms with Crippen LogP contribution in [0.3, 0.4) is 0 Å². The molecule has 1 atom stereocenters. The van der Waals surface area contributed by atoms with Gasteiger partial charge in [0.15, 0.2) is 0 Å². The molecule has 0 saturated carbocycles. The van der Waals surface area contributed by atoms with E-state index in [9.17, 15) is 10.1 Å². The molecule has 0 radical (unpaired) electrons. The first-order chi connectivity index (χ1) is 10.5. The summed E-state index contributed by atoms with van der Waals surface area (Å²) in [4.78, 5) is 12.8. The number of anilines is 1. The zero-order valence-corrected chi connectivity index (χ0v) is 13.2. The van der Waals surface area contributed by atoms with Crippen LogP contribution in [0.25, 0.3) is 0 Å². The first-order valence-electron chi connectivity index (χ1n) is 6.78. The number of thiophene rings is 1. The predicted octanol–water partition coefficient (Wildman–Crippen LogP) is 1.83. The number of nitro groups is 1. The van der Waals surface area contributed by atoms with Crippen LogP contribution in [-0.4, -0.2) is 25.6 Å². The fraction of sp³-hybridized carbons (Fsp3) is 0.267. The number of quaternary nitrogens is 1. The van der Waals surface area contributed by atoms with E-state index in [2.05, 4.69) is 25.5 Å². The van der Waals surface area contributed by atoms with Gasteiger partial charge < -0.3 is 10.2 Å². The maximum Gasteiger partial charge on any atom is 0.270 e. The van der Waals surface area contributed by atoms with E-state index in [1.807, 2.05) is 17.5 Å². The smallest absolute Gasteiger partial charge is 0.270 e. The second-order valence-corrected chi connectivity index (χ2v) is 6.10. The number of benzene rings is 1. The molecule has 114 valence electrons. The van der Waals surface area contributed by atoms with E-state index in [1.165, 1.54) is 21.9 Å². The van der Waals surface area contributed by atoms with Crippen molar-refractivity contribution in [3.63, 3.8) is 0 Å². The first-order valence-corrected chi connectivity index (χ1v) is 7.66. The molecule has 0 fully saturated rings. The molecule has 1 aromatic heterocycles. The zero-order chi connectivity index (χ0) is 16.1. The van der Waals surface area contributed by atoms with Crippen LogP contribution in [0, 0.1) is 21.4 Å². The summed E-state index contributed by atoms with van der Waals surface area (Å²) in [6, 6.07) is 10.7. The summed E-state index contributed by atoms with van der Waals surface area (Å²) in [6.45, 7) is 0.648. The first kappa shape index (κ1) is 15.9. The van der Waals surface area contributed by atoms with Gasteiger partial charge in [-0.3, -0.25) is 10.1 Å². The van der Waals surface area contributed by atoms with Crippen molar-refractivity contribution in [1.29, 1.82) is 5.26 Å². The fourth-order valence-corrected chi connectivity index (χ4v) is 3.14. The van der Waals surface area contributed by atoms with Gasteiger partial charge >= 0.3 is 0 Å². The Morgan fingerprint density at radius 1 is 1.45 bits per heavy atom. The van der Waals surface area contributed by atoms with E-state index in [0.717, 1.165) is 0 Å². The lowest BCUT2D eigenvalue weighted by atomic mass is 10.1. The quantitative estimate of drug-likeness (QED) is 0.629. The van der Waals surface area contributed by atoms with Crippen LogP contribution in [0.5, 0.6) is 0 Å².